The number of ether oxygens (including phenoxy) is 1. The summed E-state index contributed by atoms with van der Waals surface area (Å²) in [7, 11) is 0. The number of fused-ring (bicyclic) bond motifs is 1. The summed E-state index contributed by atoms with van der Waals surface area (Å²) in [6, 6.07) is 7.94. The van der Waals surface area contributed by atoms with E-state index < -0.39 is 0 Å². The standard InChI is InChI=1S/C17H21NO2/c1-4-10-18(11-5-2)16(19)12-17(3)13-20-15-9-7-6-8-14(15)17/h4-9H,1-2,10-13H2,3H3. The van der Waals surface area contributed by atoms with E-state index in [1.807, 2.05) is 24.3 Å². The van der Waals surface area contributed by atoms with Crippen molar-refractivity contribution in [1.29, 1.82) is 0 Å². The van der Waals surface area contributed by atoms with Crippen molar-refractivity contribution in [3.8, 4) is 5.75 Å². The molecule has 0 spiro atoms. The Balaban J connectivity index is 2.15. The highest BCUT2D eigenvalue weighted by atomic mass is 16.5. The lowest BCUT2D eigenvalue weighted by atomic mass is 9.81. The van der Waals surface area contributed by atoms with E-state index in [1.54, 1.807) is 17.1 Å². The monoisotopic (exact) mass is 271 g/mol. The van der Waals surface area contributed by atoms with Crippen molar-refractivity contribution in [2.45, 2.75) is 18.8 Å². The van der Waals surface area contributed by atoms with Crippen molar-refractivity contribution in [2.75, 3.05) is 19.7 Å². The number of hydrogen-bond acceptors (Lipinski definition) is 2. The first-order valence-corrected chi connectivity index (χ1v) is 6.82. The second kappa shape index (κ2) is 5.95. The molecule has 0 bridgehead atoms. The molecule has 0 N–H and O–H groups in total. The SMILES string of the molecule is C=CCN(CC=C)C(=O)CC1(C)COc2ccccc21. The third-order valence-electron chi connectivity index (χ3n) is 3.68. The number of amides is 1. The van der Waals surface area contributed by atoms with Crippen molar-refractivity contribution >= 4 is 5.91 Å². The van der Waals surface area contributed by atoms with E-state index in [-0.39, 0.29) is 11.3 Å². The van der Waals surface area contributed by atoms with Gasteiger partial charge in [0.15, 0.2) is 0 Å². The van der Waals surface area contributed by atoms with Gasteiger partial charge in [0.2, 0.25) is 5.91 Å². The molecule has 0 radical (unpaired) electrons. The predicted molar refractivity (Wildman–Crippen MR) is 80.9 cm³/mol. The van der Waals surface area contributed by atoms with Crippen LogP contribution in [0.5, 0.6) is 5.75 Å². The van der Waals surface area contributed by atoms with Gasteiger partial charge in [0, 0.05) is 30.5 Å². The highest BCUT2D eigenvalue weighted by Crippen LogP contribution is 2.40. The van der Waals surface area contributed by atoms with Crippen molar-refractivity contribution in [3.63, 3.8) is 0 Å². The maximum absolute atomic E-state index is 12.5. The topological polar surface area (TPSA) is 29.5 Å². The van der Waals surface area contributed by atoms with Crippen LogP contribution in [0, 0.1) is 0 Å². The van der Waals surface area contributed by atoms with Crippen molar-refractivity contribution < 1.29 is 9.53 Å². The van der Waals surface area contributed by atoms with Crippen LogP contribution in [0.3, 0.4) is 0 Å². The summed E-state index contributed by atoms with van der Waals surface area (Å²) >= 11 is 0. The molecule has 3 nitrogen and oxygen atoms in total. The molecule has 0 saturated heterocycles. The van der Waals surface area contributed by atoms with Gasteiger partial charge in [0.1, 0.15) is 5.75 Å². The van der Waals surface area contributed by atoms with E-state index >= 15 is 0 Å². The molecule has 0 aromatic heterocycles. The number of benzene rings is 1. The average molecular weight is 271 g/mol. The maximum atomic E-state index is 12.5. The van der Waals surface area contributed by atoms with Crippen LogP contribution in [0.25, 0.3) is 0 Å². The van der Waals surface area contributed by atoms with Crippen LogP contribution in [0.1, 0.15) is 18.9 Å². The van der Waals surface area contributed by atoms with Gasteiger partial charge < -0.3 is 9.64 Å². The second-order valence-corrected chi connectivity index (χ2v) is 5.40. The van der Waals surface area contributed by atoms with Gasteiger partial charge in [-0.05, 0) is 6.07 Å². The predicted octanol–water partition coefficient (Wildman–Crippen LogP) is 2.93. The van der Waals surface area contributed by atoms with Gasteiger partial charge in [-0.2, -0.15) is 0 Å². The first-order chi connectivity index (χ1) is 9.60. The number of nitrogens with zero attached hydrogens (tertiary/aromatic N) is 1. The van der Waals surface area contributed by atoms with Crippen molar-refractivity contribution in [3.05, 3.63) is 55.1 Å². The quantitative estimate of drug-likeness (QED) is 0.745. The summed E-state index contributed by atoms with van der Waals surface area (Å²) < 4.78 is 5.70. The van der Waals surface area contributed by atoms with E-state index in [0.717, 1.165) is 11.3 Å². The lowest BCUT2D eigenvalue weighted by molar-refractivity contribution is -0.131. The number of carbonyl (C=O) groups is 1. The maximum Gasteiger partial charge on any atom is 0.224 e. The smallest absolute Gasteiger partial charge is 0.224 e. The van der Waals surface area contributed by atoms with Crippen LogP contribution < -0.4 is 4.74 Å². The Bertz CT molecular complexity index is 513. The number of para-hydroxylation sites is 1. The lowest BCUT2D eigenvalue weighted by Crippen LogP contribution is -2.37. The molecule has 0 fully saturated rings. The zero-order valence-corrected chi connectivity index (χ0v) is 12.0. The van der Waals surface area contributed by atoms with Gasteiger partial charge in [-0.3, -0.25) is 4.79 Å². The fourth-order valence-corrected chi connectivity index (χ4v) is 2.59. The van der Waals surface area contributed by atoms with E-state index in [9.17, 15) is 4.79 Å². The van der Waals surface area contributed by atoms with Crippen molar-refractivity contribution in [1.82, 2.24) is 4.90 Å². The van der Waals surface area contributed by atoms with Gasteiger partial charge in [-0.25, -0.2) is 0 Å². The Kier molecular flexibility index (Phi) is 4.28. The Hall–Kier alpha value is -2.03. The second-order valence-electron chi connectivity index (χ2n) is 5.40. The molecular weight excluding hydrogens is 250 g/mol. The van der Waals surface area contributed by atoms with Crippen LogP contribution in [-0.4, -0.2) is 30.5 Å². The molecule has 1 aromatic carbocycles. The minimum atomic E-state index is -0.256. The highest BCUT2D eigenvalue weighted by Gasteiger charge is 2.38. The Morgan fingerprint density at radius 3 is 2.65 bits per heavy atom. The van der Waals surface area contributed by atoms with Gasteiger partial charge in [-0.1, -0.05) is 37.3 Å². The number of carbonyl (C=O) groups excluding carboxylic acids is 1. The van der Waals surface area contributed by atoms with Crippen LogP contribution in [0.4, 0.5) is 0 Å². The molecule has 2 rings (SSSR count). The van der Waals surface area contributed by atoms with Crippen LogP contribution >= 0.6 is 0 Å². The number of hydrogen-bond donors (Lipinski definition) is 0. The lowest BCUT2D eigenvalue weighted by Gasteiger charge is -2.26. The highest BCUT2D eigenvalue weighted by molar-refractivity contribution is 5.78. The molecule has 1 aromatic rings. The first-order valence-electron chi connectivity index (χ1n) is 6.82. The normalized spacial score (nSPS) is 19.9. The van der Waals surface area contributed by atoms with Gasteiger partial charge >= 0.3 is 0 Å². The zero-order valence-electron chi connectivity index (χ0n) is 12.0. The third-order valence-corrected chi connectivity index (χ3v) is 3.68. The Morgan fingerprint density at radius 1 is 1.35 bits per heavy atom. The summed E-state index contributed by atoms with van der Waals surface area (Å²) in [4.78, 5) is 14.2. The van der Waals surface area contributed by atoms with Gasteiger partial charge in [-0.15, -0.1) is 13.2 Å². The summed E-state index contributed by atoms with van der Waals surface area (Å²) in [5, 5.41) is 0. The molecule has 0 aliphatic carbocycles. The molecule has 1 aliphatic rings. The summed E-state index contributed by atoms with van der Waals surface area (Å²) in [5.74, 6) is 0.995. The average Bonchev–Trinajstić information content (AvgIpc) is 2.77. The van der Waals surface area contributed by atoms with Crippen LogP contribution in [0.15, 0.2) is 49.6 Å². The van der Waals surface area contributed by atoms with Crippen LogP contribution in [0.2, 0.25) is 0 Å². The van der Waals surface area contributed by atoms with Crippen LogP contribution in [-0.2, 0) is 10.2 Å². The number of rotatable bonds is 6. The Morgan fingerprint density at radius 2 is 2.00 bits per heavy atom. The van der Waals surface area contributed by atoms with Gasteiger partial charge in [0.25, 0.3) is 0 Å². The molecule has 20 heavy (non-hydrogen) atoms. The molecule has 0 saturated carbocycles. The van der Waals surface area contributed by atoms with Crippen molar-refractivity contribution in [2.24, 2.45) is 0 Å². The molecular formula is C17H21NO2. The van der Waals surface area contributed by atoms with E-state index in [1.165, 1.54) is 0 Å². The minimum absolute atomic E-state index is 0.104. The third kappa shape index (κ3) is 2.77. The largest absolute Gasteiger partial charge is 0.492 e. The fourth-order valence-electron chi connectivity index (χ4n) is 2.59. The molecule has 1 aliphatic heterocycles. The van der Waals surface area contributed by atoms with Gasteiger partial charge in [0.05, 0.1) is 6.61 Å². The fraction of sp³-hybridized carbons (Fsp3) is 0.353. The molecule has 1 heterocycles. The summed E-state index contributed by atoms with van der Waals surface area (Å²) in [6.07, 6.45) is 3.91. The van der Waals surface area contributed by atoms with E-state index in [0.29, 0.717) is 26.1 Å². The molecule has 1 unspecified atom stereocenters. The molecule has 1 atom stereocenters. The summed E-state index contributed by atoms with van der Waals surface area (Å²) in [6.45, 7) is 11.1. The molecule has 1 amide bonds. The molecule has 106 valence electrons. The first kappa shape index (κ1) is 14.4. The van der Waals surface area contributed by atoms with E-state index in [4.69, 9.17) is 4.74 Å². The zero-order chi connectivity index (χ0) is 14.6. The summed E-state index contributed by atoms with van der Waals surface area (Å²) in [5.41, 5.74) is 0.861. The molecule has 3 heteroatoms. The Labute approximate surface area is 120 Å². The van der Waals surface area contributed by atoms with E-state index in [2.05, 4.69) is 20.1 Å². The minimum Gasteiger partial charge on any atom is -0.492 e.